The van der Waals surface area contributed by atoms with Crippen molar-refractivity contribution in [3.63, 3.8) is 0 Å². The number of ether oxygens (including phenoxy) is 1. The molecule has 0 saturated carbocycles. The van der Waals surface area contributed by atoms with Gasteiger partial charge in [0.05, 0.1) is 11.9 Å². The molecule has 3 heteroatoms. The molecular weight excluding hydrogens is 184 g/mol. The van der Waals surface area contributed by atoms with E-state index < -0.39 is 0 Å². The number of Topliss-reactive ketones (excluding diaryl/α,β-unsaturated/α-hetero) is 1. The third kappa shape index (κ3) is 2.50. The second-order valence-corrected chi connectivity index (χ2v) is 5.06. The zero-order valence-electron chi connectivity index (χ0n) is 8.59. The van der Waals surface area contributed by atoms with Crippen molar-refractivity contribution in [2.45, 2.75) is 32.9 Å². The highest BCUT2D eigenvalue weighted by Gasteiger charge is 2.29. The molecule has 0 fully saturated rings. The van der Waals surface area contributed by atoms with E-state index in [4.69, 9.17) is 4.74 Å². The Kier molecular flexibility index (Phi) is 3.42. The topological polar surface area (TPSA) is 26.3 Å². The number of ketones is 1. The zero-order chi connectivity index (χ0) is 10.0. The Balaban J connectivity index is 2.55. The summed E-state index contributed by atoms with van der Waals surface area (Å²) in [7, 11) is 0. The van der Waals surface area contributed by atoms with Gasteiger partial charge < -0.3 is 4.74 Å². The minimum absolute atomic E-state index is 0.0437. The van der Waals surface area contributed by atoms with Gasteiger partial charge >= 0.3 is 0 Å². The lowest BCUT2D eigenvalue weighted by Crippen LogP contribution is -2.07. The number of carbonyl (C=O) groups is 1. The van der Waals surface area contributed by atoms with Crippen LogP contribution in [0.25, 0.3) is 0 Å². The molecule has 1 rings (SSSR count). The van der Waals surface area contributed by atoms with E-state index in [1.54, 1.807) is 0 Å². The van der Waals surface area contributed by atoms with Crippen LogP contribution in [0.2, 0.25) is 0 Å². The van der Waals surface area contributed by atoms with Gasteiger partial charge in [-0.05, 0) is 19.8 Å². The Morgan fingerprint density at radius 2 is 2.15 bits per heavy atom. The van der Waals surface area contributed by atoms with Gasteiger partial charge in [0.2, 0.25) is 0 Å². The monoisotopic (exact) mass is 200 g/mol. The van der Waals surface area contributed by atoms with Crippen LogP contribution in [0, 0.1) is 5.92 Å². The Labute approximate surface area is 83.7 Å². The van der Waals surface area contributed by atoms with Crippen LogP contribution in [0.15, 0.2) is 10.7 Å². The molecule has 0 amide bonds. The Hall–Kier alpha value is -0.440. The summed E-state index contributed by atoms with van der Waals surface area (Å²) in [5.74, 6) is 0.718. The molecule has 0 aromatic rings. The maximum atomic E-state index is 11.4. The average molecular weight is 200 g/mol. The highest BCUT2D eigenvalue weighted by molar-refractivity contribution is 8.04. The summed E-state index contributed by atoms with van der Waals surface area (Å²) >= 11 is 1.53. The fraction of sp³-hybridized carbons (Fsp3) is 0.700. The Morgan fingerprint density at radius 3 is 2.54 bits per heavy atom. The van der Waals surface area contributed by atoms with Crippen LogP contribution in [0.4, 0.5) is 0 Å². The lowest BCUT2D eigenvalue weighted by atomic mass is 10.2. The SMILES string of the molecule is CC1=C(OCC(C)C)SC(C)C1=O. The molecule has 1 unspecified atom stereocenters. The first-order valence-electron chi connectivity index (χ1n) is 4.57. The quantitative estimate of drug-likeness (QED) is 0.700. The van der Waals surface area contributed by atoms with Crippen LogP contribution in [-0.2, 0) is 9.53 Å². The molecular formula is C10H16O2S. The van der Waals surface area contributed by atoms with Gasteiger partial charge in [0.1, 0.15) is 0 Å². The Morgan fingerprint density at radius 1 is 1.54 bits per heavy atom. The van der Waals surface area contributed by atoms with Crippen molar-refractivity contribution in [3.05, 3.63) is 10.7 Å². The van der Waals surface area contributed by atoms with Gasteiger partial charge in [0.25, 0.3) is 0 Å². The zero-order valence-corrected chi connectivity index (χ0v) is 9.40. The first-order valence-corrected chi connectivity index (χ1v) is 5.45. The van der Waals surface area contributed by atoms with Crippen LogP contribution in [0.3, 0.4) is 0 Å². The van der Waals surface area contributed by atoms with E-state index in [1.807, 2.05) is 13.8 Å². The molecule has 13 heavy (non-hydrogen) atoms. The van der Waals surface area contributed by atoms with Crippen LogP contribution in [-0.4, -0.2) is 17.6 Å². The molecule has 0 spiro atoms. The van der Waals surface area contributed by atoms with E-state index in [0.29, 0.717) is 12.5 Å². The van der Waals surface area contributed by atoms with Gasteiger partial charge in [-0.15, -0.1) is 0 Å². The molecule has 1 atom stereocenters. The summed E-state index contributed by atoms with van der Waals surface area (Å²) in [6, 6.07) is 0. The molecule has 74 valence electrons. The van der Waals surface area contributed by atoms with E-state index in [2.05, 4.69) is 13.8 Å². The standard InChI is InChI=1S/C10H16O2S/c1-6(2)5-12-10-7(3)9(11)8(4)13-10/h6,8H,5H2,1-4H3. The summed E-state index contributed by atoms with van der Waals surface area (Å²) < 4.78 is 5.54. The van der Waals surface area contributed by atoms with Crippen molar-refractivity contribution in [2.75, 3.05) is 6.61 Å². The fourth-order valence-corrected chi connectivity index (χ4v) is 2.11. The molecule has 1 aliphatic heterocycles. The van der Waals surface area contributed by atoms with Gasteiger partial charge in [-0.3, -0.25) is 4.79 Å². The summed E-state index contributed by atoms with van der Waals surface area (Å²) in [5.41, 5.74) is 0.790. The highest BCUT2D eigenvalue weighted by Crippen LogP contribution is 2.35. The molecule has 0 aromatic heterocycles. The lowest BCUT2D eigenvalue weighted by molar-refractivity contribution is -0.114. The second-order valence-electron chi connectivity index (χ2n) is 3.74. The van der Waals surface area contributed by atoms with Crippen molar-refractivity contribution in [2.24, 2.45) is 5.92 Å². The first-order chi connectivity index (χ1) is 6.02. The number of hydrogen-bond donors (Lipinski definition) is 0. The smallest absolute Gasteiger partial charge is 0.175 e. The number of rotatable bonds is 3. The maximum Gasteiger partial charge on any atom is 0.175 e. The summed E-state index contributed by atoms with van der Waals surface area (Å²) in [5, 5.41) is 0.869. The van der Waals surface area contributed by atoms with Crippen molar-refractivity contribution < 1.29 is 9.53 Å². The number of allylic oxidation sites excluding steroid dienone is 1. The predicted octanol–water partition coefficient (Wildman–Crippen LogP) is 2.59. The van der Waals surface area contributed by atoms with Crippen LogP contribution < -0.4 is 0 Å². The minimum Gasteiger partial charge on any atom is -0.487 e. The van der Waals surface area contributed by atoms with Crippen molar-refractivity contribution >= 4 is 17.5 Å². The maximum absolute atomic E-state index is 11.4. The molecule has 0 saturated heterocycles. The molecule has 0 N–H and O–H groups in total. The molecule has 0 aliphatic carbocycles. The Bertz CT molecular complexity index is 243. The van der Waals surface area contributed by atoms with E-state index in [9.17, 15) is 4.79 Å². The largest absolute Gasteiger partial charge is 0.487 e. The summed E-state index contributed by atoms with van der Waals surface area (Å²) in [4.78, 5) is 11.4. The van der Waals surface area contributed by atoms with E-state index >= 15 is 0 Å². The number of thioether (sulfide) groups is 1. The van der Waals surface area contributed by atoms with Gasteiger partial charge in [-0.1, -0.05) is 25.6 Å². The van der Waals surface area contributed by atoms with E-state index in [-0.39, 0.29) is 11.0 Å². The molecule has 0 bridgehead atoms. The number of hydrogen-bond acceptors (Lipinski definition) is 3. The van der Waals surface area contributed by atoms with Crippen molar-refractivity contribution in [1.29, 1.82) is 0 Å². The second kappa shape index (κ2) is 4.18. The van der Waals surface area contributed by atoms with E-state index in [0.717, 1.165) is 10.7 Å². The van der Waals surface area contributed by atoms with Gasteiger partial charge in [0.15, 0.2) is 10.9 Å². The predicted molar refractivity (Wildman–Crippen MR) is 55.6 cm³/mol. The van der Waals surface area contributed by atoms with Crippen molar-refractivity contribution in [1.82, 2.24) is 0 Å². The van der Waals surface area contributed by atoms with Crippen LogP contribution >= 0.6 is 11.8 Å². The third-order valence-electron chi connectivity index (χ3n) is 1.88. The van der Waals surface area contributed by atoms with Gasteiger partial charge in [-0.2, -0.15) is 0 Å². The van der Waals surface area contributed by atoms with Gasteiger partial charge in [-0.25, -0.2) is 0 Å². The summed E-state index contributed by atoms with van der Waals surface area (Å²) in [6.45, 7) is 8.65. The lowest BCUT2D eigenvalue weighted by Gasteiger charge is -2.09. The highest BCUT2D eigenvalue weighted by atomic mass is 32.2. The molecule has 1 heterocycles. The molecule has 0 radical (unpaired) electrons. The fourth-order valence-electron chi connectivity index (χ4n) is 1.09. The molecule has 0 aromatic carbocycles. The van der Waals surface area contributed by atoms with Crippen LogP contribution in [0.1, 0.15) is 27.7 Å². The van der Waals surface area contributed by atoms with Gasteiger partial charge in [0, 0.05) is 5.57 Å². The normalized spacial score (nSPS) is 23.2. The summed E-state index contributed by atoms with van der Waals surface area (Å²) in [6.07, 6.45) is 0. The van der Waals surface area contributed by atoms with Crippen molar-refractivity contribution in [3.8, 4) is 0 Å². The van der Waals surface area contributed by atoms with Crippen LogP contribution in [0.5, 0.6) is 0 Å². The first kappa shape index (κ1) is 10.6. The average Bonchev–Trinajstić information content (AvgIpc) is 2.29. The molecule has 2 nitrogen and oxygen atoms in total. The third-order valence-corrected chi connectivity index (χ3v) is 3.08. The molecule has 1 aliphatic rings. The minimum atomic E-state index is 0.0437. The number of carbonyl (C=O) groups excluding carboxylic acids is 1. The van der Waals surface area contributed by atoms with E-state index in [1.165, 1.54) is 11.8 Å².